The third kappa shape index (κ3) is 2.69. The van der Waals surface area contributed by atoms with Crippen molar-refractivity contribution >= 4 is 5.69 Å². The van der Waals surface area contributed by atoms with E-state index in [4.69, 9.17) is 0 Å². The highest BCUT2D eigenvalue weighted by molar-refractivity contribution is 5.54. The first-order valence-corrected chi connectivity index (χ1v) is 6.01. The number of phenolic OH excluding ortho intramolecular Hbond substituents is 1. The Bertz CT molecular complexity index is 332. The van der Waals surface area contributed by atoms with Gasteiger partial charge in [-0.3, -0.25) is 0 Å². The molecule has 0 spiro atoms. The predicted octanol–water partition coefficient (Wildman–Crippen LogP) is 3.57. The fourth-order valence-electron chi connectivity index (χ4n) is 1.88. The summed E-state index contributed by atoms with van der Waals surface area (Å²) in [7, 11) is 0. The van der Waals surface area contributed by atoms with Crippen LogP contribution < -0.4 is 4.90 Å². The van der Waals surface area contributed by atoms with Crippen molar-refractivity contribution in [3.8, 4) is 5.75 Å². The van der Waals surface area contributed by atoms with E-state index >= 15 is 0 Å². The van der Waals surface area contributed by atoms with E-state index in [9.17, 15) is 5.11 Å². The Morgan fingerprint density at radius 1 is 1.31 bits per heavy atom. The molecule has 0 amide bonds. The Balaban J connectivity index is 2.98. The molecule has 0 aliphatic rings. The zero-order valence-corrected chi connectivity index (χ0v) is 10.7. The van der Waals surface area contributed by atoms with Crippen LogP contribution in [0.3, 0.4) is 0 Å². The molecule has 0 bridgehead atoms. The summed E-state index contributed by atoms with van der Waals surface area (Å²) in [5, 5.41) is 9.99. The van der Waals surface area contributed by atoms with Crippen LogP contribution in [0.15, 0.2) is 18.2 Å². The van der Waals surface area contributed by atoms with E-state index in [1.165, 1.54) is 0 Å². The van der Waals surface area contributed by atoms with Gasteiger partial charge in [-0.15, -0.1) is 0 Å². The fourth-order valence-corrected chi connectivity index (χ4v) is 1.88. The van der Waals surface area contributed by atoms with Gasteiger partial charge in [-0.25, -0.2) is 0 Å². The van der Waals surface area contributed by atoms with Crippen LogP contribution in [0.25, 0.3) is 0 Å². The van der Waals surface area contributed by atoms with Crippen molar-refractivity contribution in [3.63, 3.8) is 0 Å². The van der Waals surface area contributed by atoms with Crippen LogP contribution in [0.4, 0.5) is 5.69 Å². The monoisotopic (exact) mass is 220 g/mol. The Labute approximate surface area is 98.9 Å². The molecule has 0 saturated heterocycles. The molecule has 0 fully saturated rings. The first-order chi connectivity index (χ1) is 7.63. The van der Waals surface area contributed by atoms with Gasteiger partial charge in [-0.2, -0.15) is 0 Å². The average Bonchev–Trinajstić information content (AvgIpc) is 2.30. The number of anilines is 1. The van der Waals surface area contributed by atoms with Gasteiger partial charge in [-0.05, 0) is 37.8 Å². The quantitative estimate of drug-likeness (QED) is 0.820. The van der Waals surface area contributed by atoms with Gasteiger partial charge in [0.05, 0.1) is 0 Å². The highest BCUT2D eigenvalue weighted by Crippen LogP contribution is 2.31. The molecule has 1 aromatic rings. The SMILES string of the molecule is C[CH]C(C)c1ccc(N(CC)CC)cc1O. The summed E-state index contributed by atoms with van der Waals surface area (Å²) < 4.78 is 0. The fraction of sp³-hybridized carbons (Fsp3) is 0.500. The number of benzene rings is 1. The smallest absolute Gasteiger partial charge is 0.121 e. The largest absolute Gasteiger partial charge is 0.508 e. The van der Waals surface area contributed by atoms with Crippen LogP contribution in [0.2, 0.25) is 0 Å². The normalized spacial score (nSPS) is 12.5. The summed E-state index contributed by atoms with van der Waals surface area (Å²) in [5.74, 6) is 0.695. The van der Waals surface area contributed by atoms with Gasteiger partial charge in [0.15, 0.2) is 0 Å². The number of hydrogen-bond acceptors (Lipinski definition) is 2. The second kappa shape index (κ2) is 5.78. The van der Waals surface area contributed by atoms with E-state index in [1.54, 1.807) is 0 Å². The van der Waals surface area contributed by atoms with Gasteiger partial charge in [0.25, 0.3) is 0 Å². The van der Waals surface area contributed by atoms with Crippen LogP contribution in [0.1, 0.15) is 39.2 Å². The summed E-state index contributed by atoms with van der Waals surface area (Å²) in [6.07, 6.45) is 2.09. The Hall–Kier alpha value is -1.18. The van der Waals surface area contributed by atoms with Gasteiger partial charge < -0.3 is 10.0 Å². The first kappa shape index (κ1) is 12.9. The molecule has 1 aromatic carbocycles. The molecule has 1 atom stereocenters. The molecule has 1 radical (unpaired) electrons. The minimum atomic E-state index is 0.297. The minimum Gasteiger partial charge on any atom is -0.508 e. The molecule has 0 heterocycles. The van der Waals surface area contributed by atoms with E-state index < -0.39 is 0 Å². The van der Waals surface area contributed by atoms with Crippen molar-refractivity contribution in [1.29, 1.82) is 0 Å². The maximum absolute atomic E-state index is 9.99. The molecule has 0 saturated carbocycles. The molecule has 2 heteroatoms. The molecular formula is C14H22NO. The molecule has 1 N–H and O–H groups in total. The molecular weight excluding hydrogens is 198 g/mol. The molecule has 16 heavy (non-hydrogen) atoms. The van der Waals surface area contributed by atoms with E-state index in [-0.39, 0.29) is 0 Å². The number of nitrogens with zero attached hydrogens (tertiary/aromatic N) is 1. The standard InChI is InChI=1S/C14H22NO/c1-5-11(4)13-9-8-12(10-14(13)16)15(6-2)7-3/h5,8-11,16H,6-7H2,1-4H3. The van der Waals surface area contributed by atoms with Gasteiger partial charge in [-0.1, -0.05) is 19.9 Å². The topological polar surface area (TPSA) is 23.5 Å². The van der Waals surface area contributed by atoms with E-state index in [2.05, 4.69) is 38.2 Å². The van der Waals surface area contributed by atoms with E-state index in [0.29, 0.717) is 11.7 Å². The lowest BCUT2D eigenvalue weighted by atomic mass is 9.97. The first-order valence-electron chi connectivity index (χ1n) is 6.01. The lowest BCUT2D eigenvalue weighted by Gasteiger charge is -2.22. The van der Waals surface area contributed by atoms with Crippen molar-refractivity contribution in [3.05, 3.63) is 30.2 Å². The second-order valence-corrected chi connectivity index (χ2v) is 4.04. The summed E-state index contributed by atoms with van der Waals surface area (Å²) in [6, 6.07) is 5.97. The van der Waals surface area contributed by atoms with Crippen molar-refractivity contribution < 1.29 is 5.11 Å². The molecule has 1 unspecified atom stereocenters. The third-order valence-corrected chi connectivity index (χ3v) is 3.13. The summed E-state index contributed by atoms with van der Waals surface area (Å²) in [6.45, 7) is 10.3. The lowest BCUT2D eigenvalue weighted by molar-refractivity contribution is 0.465. The summed E-state index contributed by atoms with van der Waals surface area (Å²) in [4.78, 5) is 2.23. The van der Waals surface area contributed by atoms with E-state index in [0.717, 1.165) is 24.3 Å². The van der Waals surface area contributed by atoms with Crippen LogP contribution in [-0.4, -0.2) is 18.2 Å². The van der Waals surface area contributed by atoms with E-state index in [1.807, 2.05) is 19.1 Å². The minimum absolute atomic E-state index is 0.297. The highest BCUT2D eigenvalue weighted by Gasteiger charge is 2.10. The maximum atomic E-state index is 9.99. The molecule has 0 aromatic heterocycles. The number of phenols is 1. The zero-order chi connectivity index (χ0) is 12.1. The van der Waals surface area contributed by atoms with Crippen LogP contribution in [0.5, 0.6) is 5.75 Å². The number of hydrogen-bond donors (Lipinski definition) is 1. The van der Waals surface area contributed by atoms with Crippen LogP contribution in [-0.2, 0) is 0 Å². The Kier molecular flexibility index (Phi) is 4.66. The lowest BCUT2D eigenvalue weighted by Crippen LogP contribution is -2.21. The Morgan fingerprint density at radius 2 is 1.94 bits per heavy atom. The van der Waals surface area contributed by atoms with Gasteiger partial charge >= 0.3 is 0 Å². The average molecular weight is 220 g/mol. The number of aromatic hydroxyl groups is 1. The maximum Gasteiger partial charge on any atom is 0.121 e. The second-order valence-electron chi connectivity index (χ2n) is 4.04. The summed E-state index contributed by atoms with van der Waals surface area (Å²) in [5.41, 5.74) is 2.09. The molecule has 2 nitrogen and oxygen atoms in total. The van der Waals surface area contributed by atoms with Crippen molar-refractivity contribution in [1.82, 2.24) is 0 Å². The van der Waals surface area contributed by atoms with Gasteiger partial charge in [0.2, 0.25) is 0 Å². The van der Waals surface area contributed by atoms with Gasteiger partial charge in [0, 0.05) is 24.8 Å². The molecule has 89 valence electrons. The summed E-state index contributed by atoms with van der Waals surface area (Å²) >= 11 is 0. The van der Waals surface area contributed by atoms with Crippen molar-refractivity contribution in [2.45, 2.75) is 33.6 Å². The predicted molar refractivity (Wildman–Crippen MR) is 70.1 cm³/mol. The Morgan fingerprint density at radius 3 is 2.38 bits per heavy atom. The molecule has 0 aliphatic heterocycles. The van der Waals surface area contributed by atoms with Crippen LogP contribution >= 0.6 is 0 Å². The van der Waals surface area contributed by atoms with Crippen LogP contribution in [0, 0.1) is 6.42 Å². The van der Waals surface area contributed by atoms with Gasteiger partial charge in [0.1, 0.15) is 5.75 Å². The zero-order valence-electron chi connectivity index (χ0n) is 10.7. The van der Waals surface area contributed by atoms with Crippen molar-refractivity contribution in [2.24, 2.45) is 0 Å². The molecule has 1 rings (SSSR count). The number of rotatable bonds is 5. The van der Waals surface area contributed by atoms with Crippen molar-refractivity contribution in [2.75, 3.05) is 18.0 Å². The molecule has 0 aliphatic carbocycles. The third-order valence-electron chi connectivity index (χ3n) is 3.13. The highest BCUT2D eigenvalue weighted by atomic mass is 16.3.